The first kappa shape index (κ1) is 9.84. The van der Waals surface area contributed by atoms with E-state index in [2.05, 4.69) is 25.1 Å². The van der Waals surface area contributed by atoms with Crippen LogP contribution in [0.5, 0.6) is 0 Å². The minimum atomic E-state index is 0.794. The lowest BCUT2D eigenvalue weighted by molar-refractivity contribution is 0.924. The minimum absolute atomic E-state index is 0.794. The lowest BCUT2D eigenvalue weighted by Crippen LogP contribution is -1.93. The highest BCUT2D eigenvalue weighted by Gasteiger charge is 2.02. The SMILES string of the molecule is CCCc1ccc2c(N)ccc(N)c2c1. The summed E-state index contributed by atoms with van der Waals surface area (Å²) in [6.07, 6.45) is 2.23. The van der Waals surface area contributed by atoms with Gasteiger partial charge in [-0.15, -0.1) is 0 Å². The smallest absolute Gasteiger partial charge is 0.0395 e. The fourth-order valence-electron chi connectivity index (χ4n) is 1.89. The van der Waals surface area contributed by atoms with Crippen LogP contribution in [0.3, 0.4) is 0 Å². The summed E-state index contributed by atoms with van der Waals surface area (Å²) in [5.74, 6) is 0. The number of hydrogen-bond donors (Lipinski definition) is 2. The van der Waals surface area contributed by atoms with E-state index in [0.717, 1.165) is 35.0 Å². The Morgan fingerprint density at radius 3 is 2.27 bits per heavy atom. The molecule has 2 heteroatoms. The molecule has 2 aromatic rings. The van der Waals surface area contributed by atoms with Crippen molar-refractivity contribution in [3.05, 3.63) is 35.9 Å². The molecule has 4 N–H and O–H groups in total. The second-order valence-electron chi connectivity index (χ2n) is 3.87. The third-order valence-corrected chi connectivity index (χ3v) is 2.69. The maximum atomic E-state index is 5.93. The molecule has 2 rings (SSSR count). The monoisotopic (exact) mass is 200 g/mol. The molecule has 0 spiro atoms. The van der Waals surface area contributed by atoms with Gasteiger partial charge in [-0.3, -0.25) is 0 Å². The number of benzene rings is 2. The Labute approximate surface area is 89.9 Å². The molecule has 0 aliphatic heterocycles. The predicted molar refractivity (Wildman–Crippen MR) is 66.8 cm³/mol. The lowest BCUT2D eigenvalue weighted by Gasteiger charge is -2.07. The first-order valence-corrected chi connectivity index (χ1v) is 5.29. The van der Waals surface area contributed by atoms with Gasteiger partial charge in [-0.05, 0) is 30.2 Å². The van der Waals surface area contributed by atoms with Crippen LogP contribution in [0.25, 0.3) is 10.8 Å². The fourth-order valence-corrected chi connectivity index (χ4v) is 1.89. The van der Waals surface area contributed by atoms with E-state index < -0.39 is 0 Å². The zero-order chi connectivity index (χ0) is 10.8. The van der Waals surface area contributed by atoms with Crippen molar-refractivity contribution >= 4 is 22.1 Å². The summed E-state index contributed by atoms with van der Waals surface area (Å²) in [6, 6.07) is 10.1. The van der Waals surface area contributed by atoms with Crippen LogP contribution in [0.2, 0.25) is 0 Å². The van der Waals surface area contributed by atoms with Gasteiger partial charge in [-0.25, -0.2) is 0 Å². The van der Waals surface area contributed by atoms with Crippen LogP contribution < -0.4 is 11.5 Å². The molecule has 2 nitrogen and oxygen atoms in total. The molecular formula is C13H16N2. The summed E-state index contributed by atoms with van der Waals surface area (Å²) in [6.45, 7) is 2.17. The molecule has 0 radical (unpaired) electrons. The van der Waals surface area contributed by atoms with Gasteiger partial charge in [0.15, 0.2) is 0 Å². The zero-order valence-corrected chi connectivity index (χ0v) is 8.96. The second kappa shape index (κ2) is 3.81. The number of nitrogen functional groups attached to an aromatic ring is 2. The van der Waals surface area contributed by atoms with E-state index in [0.29, 0.717) is 0 Å². The van der Waals surface area contributed by atoms with E-state index >= 15 is 0 Å². The number of rotatable bonds is 2. The van der Waals surface area contributed by atoms with E-state index in [1.54, 1.807) is 0 Å². The third kappa shape index (κ3) is 1.75. The minimum Gasteiger partial charge on any atom is -0.398 e. The second-order valence-corrected chi connectivity index (χ2v) is 3.87. The number of hydrogen-bond acceptors (Lipinski definition) is 2. The molecule has 0 amide bonds. The van der Waals surface area contributed by atoms with Crippen LogP contribution in [0, 0.1) is 0 Å². The van der Waals surface area contributed by atoms with Gasteiger partial charge in [-0.1, -0.05) is 25.5 Å². The summed E-state index contributed by atoms with van der Waals surface area (Å²) < 4.78 is 0. The highest BCUT2D eigenvalue weighted by molar-refractivity contribution is 6.00. The molecule has 78 valence electrons. The first-order valence-electron chi connectivity index (χ1n) is 5.29. The van der Waals surface area contributed by atoms with E-state index in [4.69, 9.17) is 11.5 Å². The molecule has 0 bridgehead atoms. The van der Waals surface area contributed by atoms with Crippen molar-refractivity contribution in [1.29, 1.82) is 0 Å². The van der Waals surface area contributed by atoms with Crippen molar-refractivity contribution in [3.8, 4) is 0 Å². The largest absolute Gasteiger partial charge is 0.398 e. The average molecular weight is 200 g/mol. The third-order valence-electron chi connectivity index (χ3n) is 2.69. The van der Waals surface area contributed by atoms with E-state index in [1.165, 1.54) is 5.56 Å². The van der Waals surface area contributed by atoms with Gasteiger partial charge in [0, 0.05) is 22.1 Å². The molecule has 0 aliphatic carbocycles. The summed E-state index contributed by atoms with van der Waals surface area (Å²) >= 11 is 0. The first-order chi connectivity index (χ1) is 7.22. The van der Waals surface area contributed by atoms with E-state index in [1.807, 2.05) is 12.1 Å². The zero-order valence-electron chi connectivity index (χ0n) is 8.96. The molecular weight excluding hydrogens is 184 g/mol. The lowest BCUT2D eigenvalue weighted by atomic mass is 10.0. The summed E-state index contributed by atoms with van der Waals surface area (Å²) in [5.41, 5.74) is 14.7. The van der Waals surface area contributed by atoms with Crippen molar-refractivity contribution < 1.29 is 0 Å². The Morgan fingerprint density at radius 2 is 1.60 bits per heavy atom. The van der Waals surface area contributed by atoms with E-state index in [-0.39, 0.29) is 0 Å². The molecule has 2 aromatic carbocycles. The van der Waals surface area contributed by atoms with Gasteiger partial charge in [0.05, 0.1) is 0 Å². The topological polar surface area (TPSA) is 52.0 Å². The van der Waals surface area contributed by atoms with Crippen molar-refractivity contribution in [2.75, 3.05) is 11.5 Å². The van der Waals surface area contributed by atoms with Gasteiger partial charge >= 0.3 is 0 Å². The van der Waals surface area contributed by atoms with Crippen LogP contribution in [-0.2, 0) is 6.42 Å². The molecule has 0 saturated heterocycles. The number of nitrogens with two attached hydrogens (primary N) is 2. The Balaban J connectivity index is 2.65. The van der Waals surface area contributed by atoms with Crippen molar-refractivity contribution in [2.45, 2.75) is 19.8 Å². The summed E-state index contributed by atoms with van der Waals surface area (Å²) in [4.78, 5) is 0. The number of anilines is 2. The van der Waals surface area contributed by atoms with Crippen LogP contribution in [-0.4, -0.2) is 0 Å². The van der Waals surface area contributed by atoms with Crippen molar-refractivity contribution in [3.63, 3.8) is 0 Å². The molecule has 0 saturated carbocycles. The summed E-state index contributed by atoms with van der Waals surface area (Å²) in [5, 5.41) is 2.12. The van der Waals surface area contributed by atoms with Gasteiger partial charge in [-0.2, -0.15) is 0 Å². The van der Waals surface area contributed by atoms with Gasteiger partial charge in [0.1, 0.15) is 0 Å². The number of fused-ring (bicyclic) bond motifs is 1. The van der Waals surface area contributed by atoms with Crippen molar-refractivity contribution in [2.24, 2.45) is 0 Å². The average Bonchev–Trinajstić information content (AvgIpc) is 2.24. The molecule has 0 heterocycles. The Kier molecular flexibility index (Phi) is 2.50. The van der Waals surface area contributed by atoms with Crippen LogP contribution in [0.4, 0.5) is 11.4 Å². The maximum absolute atomic E-state index is 5.93. The van der Waals surface area contributed by atoms with E-state index in [9.17, 15) is 0 Å². The highest BCUT2D eigenvalue weighted by Crippen LogP contribution is 2.27. The Morgan fingerprint density at radius 1 is 0.933 bits per heavy atom. The molecule has 0 unspecified atom stereocenters. The molecule has 0 aliphatic rings. The van der Waals surface area contributed by atoms with Crippen LogP contribution in [0.15, 0.2) is 30.3 Å². The Hall–Kier alpha value is -1.70. The molecule has 15 heavy (non-hydrogen) atoms. The van der Waals surface area contributed by atoms with Crippen LogP contribution in [0.1, 0.15) is 18.9 Å². The Bertz CT molecular complexity index is 489. The van der Waals surface area contributed by atoms with Gasteiger partial charge in [0.2, 0.25) is 0 Å². The van der Waals surface area contributed by atoms with Gasteiger partial charge in [0.25, 0.3) is 0 Å². The fraction of sp³-hybridized carbons (Fsp3) is 0.231. The molecule has 0 aromatic heterocycles. The predicted octanol–water partition coefficient (Wildman–Crippen LogP) is 2.96. The number of aryl methyl sites for hydroxylation is 1. The summed E-state index contributed by atoms with van der Waals surface area (Å²) in [7, 11) is 0. The standard InChI is InChI=1S/C13H16N2/c1-2-3-9-4-5-10-11(8-9)13(15)7-6-12(10)14/h4-8H,2-3,14-15H2,1H3. The normalized spacial score (nSPS) is 10.7. The molecule has 0 atom stereocenters. The van der Waals surface area contributed by atoms with Crippen molar-refractivity contribution in [1.82, 2.24) is 0 Å². The maximum Gasteiger partial charge on any atom is 0.0395 e. The van der Waals surface area contributed by atoms with Gasteiger partial charge < -0.3 is 11.5 Å². The quantitative estimate of drug-likeness (QED) is 0.732. The highest BCUT2D eigenvalue weighted by atomic mass is 14.6. The van der Waals surface area contributed by atoms with Crippen LogP contribution >= 0.6 is 0 Å². The molecule has 0 fully saturated rings.